The molecule has 3 aromatic rings. The number of nitrogens with zero attached hydrogens (tertiary/aromatic N) is 3. The van der Waals surface area contributed by atoms with Gasteiger partial charge in [0.25, 0.3) is 0 Å². The zero-order valence-electron chi connectivity index (χ0n) is 15.5. The number of rotatable bonds is 7. The van der Waals surface area contributed by atoms with Gasteiger partial charge >= 0.3 is 6.18 Å². The average Bonchev–Trinajstić information content (AvgIpc) is 2.67. The molecular formula is C20H16ClF3N4O2. The van der Waals surface area contributed by atoms with Crippen LogP contribution in [0, 0.1) is 0 Å². The van der Waals surface area contributed by atoms with Crippen LogP contribution in [-0.2, 0) is 17.6 Å². The molecule has 0 bridgehead atoms. The monoisotopic (exact) mass is 436 g/mol. The van der Waals surface area contributed by atoms with Crippen molar-refractivity contribution in [2.24, 2.45) is 5.73 Å². The summed E-state index contributed by atoms with van der Waals surface area (Å²) in [5.41, 5.74) is 7.50. The van der Waals surface area contributed by atoms with Crippen LogP contribution in [0.2, 0.25) is 5.02 Å². The number of nitrogens with two attached hydrogens (primary N) is 1. The van der Waals surface area contributed by atoms with E-state index in [4.69, 9.17) is 22.1 Å². The van der Waals surface area contributed by atoms with Crippen LogP contribution in [0.3, 0.4) is 0 Å². The van der Waals surface area contributed by atoms with E-state index in [0.717, 1.165) is 5.56 Å². The van der Waals surface area contributed by atoms with E-state index in [1.165, 1.54) is 6.20 Å². The number of hydrogen-bond acceptors (Lipinski definition) is 5. The Balaban J connectivity index is 1.89. The van der Waals surface area contributed by atoms with Crippen LogP contribution in [0.25, 0.3) is 11.1 Å². The number of ether oxygens (including phenoxy) is 1. The van der Waals surface area contributed by atoms with Gasteiger partial charge in [-0.25, -0.2) is 15.0 Å². The highest BCUT2D eigenvalue weighted by Gasteiger charge is 2.29. The molecule has 0 aliphatic heterocycles. The lowest BCUT2D eigenvalue weighted by molar-refractivity contribution is -0.154. The van der Waals surface area contributed by atoms with Crippen molar-refractivity contribution in [2.75, 3.05) is 6.61 Å². The van der Waals surface area contributed by atoms with E-state index in [0.29, 0.717) is 34.0 Å². The van der Waals surface area contributed by atoms with E-state index >= 15 is 0 Å². The van der Waals surface area contributed by atoms with Gasteiger partial charge in [0.1, 0.15) is 5.82 Å². The lowest BCUT2D eigenvalue weighted by Gasteiger charge is -2.14. The Kier molecular flexibility index (Phi) is 6.51. The fraction of sp³-hybridized carbons (Fsp3) is 0.200. The van der Waals surface area contributed by atoms with E-state index in [1.54, 1.807) is 42.7 Å². The summed E-state index contributed by atoms with van der Waals surface area (Å²) in [7, 11) is 0. The first-order valence-corrected chi connectivity index (χ1v) is 9.10. The fourth-order valence-electron chi connectivity index (χ4n) is 2.68. The van der Waals surface area contributed by atoms with Gasteiger partial charge in [0.2, 0.25) is 11.8 Å². The maximum absolute atomic E-state index is 12.6. The van der Waals surface area contributed by atoms with Gasteiger partial charge in [0.15, 0.2) is 6.61 Å². The molecule has 0 spiro atoms. The number of halogens is 4. The summed E-state index contributed by atoms with van der Waals surface area (Å²) in [5, 5.41) is 0.429. The van der Waals surface area contributed by atoms with Crippen LogP contribution in [0.4, 0.5) is 13.2 Å². The maximum Gasteiger partial charge on any atom is 0.422 e. The molecule has 0 fully saturated rings. The first kappa shape index (κ1) is 21.5. The molecule has 0 radical (unpaired) electrons. The summed E-state index contributed by atoms with van der Waals surface area (Å²) in [6.07, 6.45) is 0.354. The Morgan fingerprint density at radius 2 is 1.77 bits per heavy atom. The van der Waals surface area contributed by atoms with Gasteiger partial charge < -0.3 is 10.5 Å². The van der Waals surface area contributed by atoms with Crippen molar-refractivity contribution in [3.63, 3.8) is 0 Å². The van der Waals surface area contributed by atoms with Gasteiger partial charge in [0, 0.05) is 35.6 Å². The number of carbonyl (C=O) groups excluding carboxylic acids is 1. The van der Waals surface area contributed by atoms with E-state index in [-0.39, 0.29) is 12.3 Å². The summed E-state index contributed by atoms with van der Waals surface area (Å²) < 4.78 is 42.7. The van der Waals surface area contributed by atoms with Gasteiger partial charge in [-0.3, -0.25) is 4.79 Å². The minimum Gasteiger partial charge on any atom is -0.468 e. The predicted octanol–water partition coefficient (Wildman–Crippen LogP) is 3.75. The van der Waals surface area contributed by atoms with Gasteiger partial charge in [-0.2, -0.15) is 13.2 Å². The normalized spacial score (nSPS) is 11.3. The predicted molar refractivity (Wildman–Crippen MR) is 104 cm³/mol. The van der Waals surface area contributed by atoms with Crippen molar-refractivity contribution in [3.05, 3.63) is 70.9 Å². The van der Waals surface area contributed by atoms with Crippen molar-refractivity contribution < 1.29 is 22.7 Å². The largest absolute Gasteiger partial charge is 0.468 e. The number of benzene rings is 1. The Labute approximate surface area is 174 Å². The Bertz CT molecular complexity index is 1040. The highest BCUT2D eigenvalue weighted by molar-refractivity contribution is 6.30. The summed E-state index contributed by atoms with van der Waals surface area (Å²) in [5.74, 6) is -0.376. The molecule has 2 heterocycles. The first-order chi connectivity index (χ1) is 14.2. The molecule has 1 aromatic carbocycles. The highest BCUT2D eigenvalue weighted by atomic mass is 35.5. The Hall–Kier alpha value is -3.20. The third-order valence-corrected chi connectivity index (χ3v) is 4.15. The number of primary amides is 1. The number of aromatic nitrogens is 3. The molecule has 0 unspecified atom stereocenters. The average molecular weight is 437 g/mol. The van der Waals surface area contributed by atoms with Gasteiger partial charge in [-0.1, -0.05) is 23.7 Å². The van der Waals surface area contributed by atoms with E-state index < -0.39 is 18.7 Å². The van der Waals surface area contributed by atoms with Gasteiger partial charge in [-0.05, 0) is 34.9 Å². The summed E-state index contributed by atoms with van der Waals surface area (Å²) in [4.78, 5) is 23.2. The second kappa shape index (κ2) is 9.08. The smallest absolute Gasteiger partial charge is 0.422 e. The molecule has 156 valence electrons. The summed E-state index contributed by atoms with van der Waals surface area (Å²) in [6, 6.07) is 8.34. The molecular weight excluding hydrogens is 421 g/mol. The van der Waals surface area contributed by atoms with Crippen LogP contribution in [0.15, 0.2) is 48.9 Å². The first-order valence-electron chi connectivity index (χ1n) is 8.72. The van der Waals surface area contributed by atoms with Crippen LogP contribution < -0.4 is 10.5 Å². The molecule has 0 aliphatic carbocycles. The number of hydrogen-bond donors (Lipinski definition) is 1. The SMILES string of the molecule is NC(=O)Cc1ncc(Cc2cnc(OCC(F)(F)F)c(-c3cccc(Cl)c3)c2)cn1. The van der Waals surface area contributed by atoms with Gasteiger partial charge in [0.05, 0.1) is 6.42 Å². The van der Waals surface area contributed by atoms with Crippen molar-refractivity contribution >= 4 is 17.5 Å². The molecule has 1 amide bonds. The quantitative estimate of drug-likeness (QED) is 0.609. The Morgan fingerprint density at radius 3 is 2.40 bits per heavy atom. The van der Waals surface area contributed by atoms with Crippen molar-refractivity contribution in [1.29, 1.82) is 0 Å². The minimum absolute atomic E-state index is 0.0635. The molecule has 2 aromatic heterocycles. The topological polar surface area (TPSA) is 91.0 Å². The van der Waals surface area contributed by atoms with E-state index in [1.807, 2.05) is 0 Å². The van der Waals surface area contributed by atoms with Crippen LogP contribution in [-0.4, -0.2) is 33.6 Å². The molecule has 3 rings (SSSR count). The second-order valence-corrected chi connectivity index (χ2v) is 6.87. The third-order valence-electron chi connectivity index (χ3n) is 3.92. The Morgan fingerprint density at radius 1 is 1.07 bits per heavy atom. The molecule has 0 aliphatic rings. The lowest BCUT2D eigenvalue weighted by atomic mass is 10.0. The molecule has 10 heteroatoms. The molecule has 0 atom stereocenters. The van der Waals surface area contributed by atoms with Crippen molar-refractivity contribution in [3.8, 4) is 17.0 Å². The van der Waals surface area contributed by atoms with Crippen LogP contribution >= 0.6 is 11.6 Å². The van der Waals surface area contributed by atoms with Crippen molar-refractivity contribution in [2.45, 2.75) is 19.0 Å². The van der Waals surface area contributed by atoms with Crippen molar-refractivity contribution in [1.82, 2.24) is 15.0 Å². The number of pyridine rings is 1. The zero-order chi connectivity index (χ0) is 21.7. The molecule has 6 nitrogen and oxygen atoms in total. The standard InChI is InChI=1S/C20H16ClF3N4O2/c21-15-3-1-2-14(6-15)16-5-12(8-28-19(16)30-11-20(22,23)24)4-13-9-26-18(27-10-13)7-17(25)29/h1-3,5-6,8-10H,4,7,11H2,(H2,25,29). The number of carbonyl (C=O) groups is 1. The van der Waals surface area contributed by atoms with Gasteiger partial charge in [-0.15, -0.1) is 0 Å². The fourth-order valence-corrected chi connectivity index (χ4v) is 2.87. The number of amides is 1. The van der Waals surface area contributed by atoms with E-state index in [9.17, 15) is 18.0 Å². The summed E-state index contributed by atoms with van der Waals surface area (Å²) >= 11 is 6.03. The molecule has 30 heavy (non-hydrogen) atoms. The molecule has 0 saturated carbocycles. The number of alkyl halides is 3. The third kappa shape index (κ3) is 6.15. The molecule has 2 N–H and O–H groups in total. The molecule has 0 saturated heterocycles. The minimum atomic E-state index is -4.49. The van der Waals surface area contributed by atoms with E-state index in [2.05, 4.69) is 15.0 Å². The zero-order valence-corrected chi connectivity index (χ0v) is 16.2. The summed E-state index contributed by atoms with van der Waals surface area (Å²) in [6.45, 7) is -1.46. The van der Waals surface area contributed by atoms with Crippen LogP contribution in [0.1, 0.15) is 17.0 Å². The van der Waals surface area contributed by atoms with Crippen LogP contribution in [0.5, 0.6) is 5.88 Å². The maximum atomic E-state index is 12.6. The highest BCUT2D eigenvalue weighted by Crippen LogP contribution is 2.32. The lowest BCUT2D eigenvalue weighted by Crippen LogP contribution is -2.20. The second-order valence-electron chi connectivity index (χ2n) is 6.44.